The molecule has 2 aliphatic rings. The van der Waals surface area contributed by atoms with E-state index in [1.54, 1.807) is 0 Å². The van der Waals surface area contributed by atoms with Crippen LogP contribution in [-0.4, -0.2) is 31.3 Å². The van der Waals surface area contributed by atoms with Crippen molar-refractivity contribution in [2.75, 3.05) is 18.1 Å². The highest BCUT2D eigenvalue weighted by molar-refractivity contribution is 5.54. The molecule has 1 N–H and O–H groups in total. The molecule has 3 nitrogen and oxygen atoms in total. The molecule has 1 saturated heterocycles. The highest BCUT2D eigenvalue weighted by Crippen LogP contribution is 2.27. The maximum absolute atomic E-state index is 5.73. The van der Waals surface area contributed by atoms with Gasteiger partial charge < -0.3 is 15.0 Å². The quantitative estimate of drug-likeness (QED) is 0.900. The normalized spacial score (nSPS) is 27.6. The lowest BCUT2D eigenvalue weighted by molar-refractivity contribution is 0.0343. The molecule has 1 aliphatic heterocycles. The van der Waals surface area contributed by atoms with Gasteiger partial charge in [-0.2, -0.15) is 0 Å². The SMILES string of the molecule is CC1CN(c2ccccc2CNC2CC2)C(C)CO1. The molecule has 19 heavy (non-hydrogen) atoms. The van der Waals surface area contributed by atoms with Crippen molar-refractivity contribution >= 4 is 5.69 Å². The fourth-order valence-corrected chi connectivity index (χ4v) is 2.72. The second-order valence-corrected chi connectivity index (χ2v) is 5.93. The van der Waals surface area contributed by atoms with E-state index in [0.717, 1.165) is 25.7 Å². The number of hydrogen-bond donors (Lipinski definition) is 1. The van der Waals surface area contributed by atoms with Crippen LogP contribution in [0.25, 0.3) is 0 Å². The van der Waals surface area contributed by atoms with Crippen LogP contribution in [0, 0.1) is 0 Å². The minimum absolute atomic E-state index is 0.320. The van der Waals surface area contributed by atoms with Gasteiger partial charge in [0.25, 0.3) is 0 Å². The molecule has 0 aromatic heterocycles. The minimum Gasteiger partial charge on any atom is -0.375 e. The van der Waals surface area contributed by atoms with Crippen LogP contribution >= 0.6 is 0 Å². The Balaban J connectivity index is 1.77. The molecule has 2 unspecified atom stereocenters. The van der Waals surface area contributed by atoms with E-state index in [-0.39, 0.29) is 0 Å². The van der Waals surface area contributed by atoms with E-state index in [2.05, 4.69) is 48.3 Å². The molecule has 1 aliphatic carbocycles. The molecule has 104 valence electrons. The zero-order valence-electron chi connectivity index (χ0n) is 11.9. The molecule has 1 aromatic carbocycles. The summed E-state index contributed by atoms with van der Waals surface area (Å²) in [4.78, 5) is 2.50. The Labute approximate surface area is 115 Å². The molecule has 0 bridgehead atoms. The van der Waals surface area contributed by atoms with Crippen LogP contribution in [-0.2, 0) is 11.3 Å². The van der Waals surface area contributed by atoms with Gasteiger partial charge >= 0.3 is 0 Å². The third kappa shape index (κ3) is 3.10. The highest BCUT2D eigenvalue weighted by Gasteiger charge is 2.26. The molecule has 2 atom stereocenters. The fourth-order valence-electron chi connectivity index (χ4n) is 2.72. The van der Waals surface area contributed by atoms with Gasteiger partial charge in [-0.05, 0) is 38.3 Å². The second kappa shape index (κ2) is 5.51. The first kappa shape index (κ1) is 12.9. The Morgan fingerprint density at radius 1 is 1.26 bits per heavy atom. The van der Waals surface area contributed by atoms with Crippen molar-refractivity contribution in [2.24, 2.45) is 0 Å². The van der Waals surface area contributed by atoms with Gasteiger partial charge in [0, 0.05) is 30.9 Å². The van der Waals surface area contributed by atoms with Crippen LogP contribution in [0.5, 0.6) is 0 Å². The van der Waals surface area contributed by atoms with E-state index >= 15 is 0 Å². The summed E-state index contributed by atoms with van der Waals surface area (Å²) < 4.78 is 5.73. The molecule has 3 rings (SSSR count). The van der Waals surface area contributed by atoms with Crippen LogP contribution in [0.15, 0.2) is 24.3 Å². The van der Waals surface area contributed by atoms with Gasteiger partial charge in [-0.1, -0.05) is 18.2 Å². The molecule has 2 fully saturated rings. The standard InChI is InChI=1S/C16H24N2O/c1-12-11-19-13(2)10-18(12)16-6-4-3-5-14(16)9-17-15-7-8-15/h3-6,12-13,15,17H,7-11H2,1-2H3. The molecule has 3 heteroatoms. The minimum atomic E-state index is 0.320. The van der Waals surface area contributed by atoms with Gasteiger partial charge in [0.2, 0.25) is 0 Å². The topological polar surface area (TPSA) is 24.5 Å². The average Bonchev–Trinajstić information content (AvgIpc) is 3.24. The van der Waals surface area contributed by atoms with Crippen molar-refractivity contribution in [3.05, 3.63) is 29.8 Å². The molecule has 1 saturated carbocycles. The monoisotopic (exact) mass is 260 g/mol. The van der Waals surface area contributed by atoms with E-state index in [4.69, 9.17) is 4.74 Å². The van der Waals surface area contributed by atoms with Crippen molar-refractivity contribution in [1.82, 2.24) is 5.32 Å². The van der Waals surface area contributed by atoms with E-state index < -0.39 is 0 Å². The Kier molecular flexibility index (Phi) is 3.76. The number of nitrogens with one attached hydrogen (secondary N) is 1. The lowest BCUT2D eigenvalue weighted by atomic mass is 10.1. The van der Waals surface area contributed by atoms with Crippen LogP contribution in [0.4, 0.5) is 5.69 Å². The number of hydrogen-bond acceptors (Lipinski definition) is 3. The third-order valence-electron chi connectivity index (χ3n) is 4.07. The van der Waals surface area contributed by atoms with Gasteiger partial charge in [-0.3, -0.25) is 0 Å². The zero-order chi connectivity index (χ0) is 13.2. The Morgan fingerprint density at radius 2 is 2.05 bits per heavy atom. The number of benzene rings is 1. The Hall–Kier alpha value is -1.06. The van der Waals surface area contributed by atoms with E-state index in [9.17, 15) is 0 Å². The maximum Gasteiger partial charge on any atom is 0.0723 e. The van der Waals surface area contributed by atoms with Crippen LogP contribution < -0.4 is 10.2 Å². The first-order valence-corrected chi connectivity index (χ1v) is 7.43. The van der Waals surface area contributed by atoms with Gasteiger partial charge in [-0.15, -0.1) is 0 Å². The highest BCUT2D eigenvalue weighted by atomic mass is 16.5. The lowest BCUT2D eigenvalue weighted by Crippen LogP contribution is -2.47. The van der Waals surface area contributed by atoms with Crippen molar-refractivity contribution < 1.29 is 4.74 Å². The van der Waals surface area contributed by atoms with E-state index in [1.807, 2.05) is 0 Å². The number of morpholine rings is 1. The van der Waals surface area contributed by atoms with Crippen LogP contribution in [0.1, 0.15) is 32.3 Å². The van der Waals surface area contributed by atoms with Gasteiger partial charge in [0.1, 0.15) is 0 Å². The number of para-hydroxylation sites is 1. The summed E-state index contributed by atoms with van der Waals surface area (Å²) in [6, 6.07) is 9.99. The zero-order valence-corrected chi connectivity index (χ0v) is 11.9. The number of anilines is 1. The predicted molar refractivity (Wildman–Crippen MR) is 78.5 cm³/mol. The summed E-state index contributed by atoms with van der Waals surface area (Å²) in [7, 11) is 0. The van der Waals surface area contributed by atoms with Crippen LogP contribution in [0.2, 0.25) is 0 Å². The number of ether oxygens (including phenoxy) is 1. The van der Waals surface area contributed by atoms with Crippen molar-refractivity contribution in [3.63, 3.8) is 0 Å². The summed E-state index contributed by atoms with van der Waals surface area (Å²) >= 11 is 0. The maximum atomic E-state index is 5.73. The molecule has 1 aromatic rings. The van der Waals surface area contributed by atoms with E-state index in [1.165, 1.54) is 24.1 Å². The van der Waals surface area contributed by atoms with E-state index in [0.29, 0.717) is 12.1 Å². The fraction of sp³-hybridized carbons (Fsp3) is 0.625. The molecule has 0 radical (unpaired) electrons. The van der Waals surface area contributed by atoms with Gasteiger partial charge in [-0.25, -0.2) is 0 Å². The van der Waals surface area contributed by atoms with Crippen molar-refractivity contribution in [3.8, 4) is 0 Å². The lowest BCUT2D eigenvalue weighted by Gasteiger charge is -2.39. The summed E-state index contributed by atoms with van der Waals surface area (Å²) in [6.07, 6.45) is 3.00. The third-order valence-corrected chi connectivity index (χ3v) is 4.07. The molecule has 0 amide bonds. The van der Waals surface area contributed by atoms with Crippen molar-refractivity contribution in [1.29, 1.82) is 0 Å². The number of rotatable bonds is 4. The summed E-state index contributed by atoms with van der Waals surface area (Å²) in [6.45, 7) is 7.20. The molecule has 1 heterocycles. The summed E-state index contributed by atoms with van der Waals surface area (Å²) in [5.41, 5.74) is 2.79. The largest absolute Gasteiger partial charge is 0.375 e. The summed E-state index contributed by atoms with van der Waals surface area (Å²) in [5.74, 6) is 0. The van der Waals surface area contributed by atoms with Crippen molar-refractivity contribution in [2.45, 2.75) is 51.4 Å². The van der Waals surface area contributed by atoms with Crippen LogP contribution in [0.3, 0.4) is 0 Å². The Morgan fingerprint density at radius 3 is 2.84 bits per heavy atom. The average molecular weight is 260 g/mol. The first-order valence-electron chi connectivity index (χ1n) is 7.43. The number of nitrogens with zero attached hydrogens (tertiary/aromatic N) is 1. The van der Waals surface area contributed by atoms with Gasteiger partial charge in [0.05, 0.1) is 12.7 Å². The molecular weight excluding hydrogens is 236 g/mol. The first-order chi connectivity index (χ1) is 9.24. The Bertz CT molecular complexity index is 431. The predicted octanol–water partition coefficient (Wildman–Crippen LogP) is 2.55. The molecular formula is C16H24N2O. The molecule has 0 spiro atoms. The second-order valence-electron chi connectivity index (χ2n) is 5.93. The summed E-state index contributed by atoms with van der Waals surface area (Å²) in [5, 5.41) is 3.62. The smallest absolute Gasteiger partial charge is 0.0723 e. The van der Waals surface area contributed by atoms with Gasteiger partial charge in [0.15, 0.2) is 0 Å².